The predicted octanol–water partition coefficient (Wildman–Crippen LogP) is 3.84. The van der Waals surface area contributed by atoms with E-state index >= 15 is 0 Å². The van der Waals surface area contributed by atoms with Gasteiger partial charge in [0.25, 0.3) is 0 Å². The van der Waals surface area contributed by atoms with Crippen molar-refractivity contribution in [1.82, 2.24) is 15.5 Å². The Morgan fingerprint density at radius 2 is 2.00 bits per heavy atom. The van der Waals surface area contributed by atoms with Crippen LogP contribution in [-0.2, 0) is 6.54 Å². The number of nitrogens with zero attached hydrogens (tertiary/aromatic N) is 2. The second-order valence-electron chi connectivity index (χ2n) is 7.04. The van der Waals surface area contributed by atoms with Crippen molar-refractivity contribution in [2.45, 2.75) is 58.9 Å². The molecule has 1 aromatic rings. The largest absolute Gasteiger partial charge is 0.497 e. The highest BCUT2D eigenvalue weighted by Gasteiger charge is 2.30. The quantitative estimate of drug-likeness (QED) is 0.261. The van der Waals surface area contributed by atoms with E-state index in [0.717, 1.165) is 13.1 Å². The summed E-state index contributed by atoms with van der Waals surface area (Å²) in [6.07, 6.45) is 2.55. The molecule has 1 aliphatic carbocycles. The molecule has 0 atom stereocenters. The van der Waals surface area contributed by atoms with Crippen LogP contribution in [0.15, 0.2) is 23.2 Å². The molecule has 166 valence electrons. The van der Waals surface area contributed by atoms with Crippen molar-refractivity contribution < 1.29 is 18.3 Å². The summed E-state index contributed by atoms with van der Waals surface area (Å²) >= 11 is 0. The van der Waals surface area contributed by atoms with Crippen LogP contribution >= 0.6 is 24.0 Å². The third kappa shape index (κ3) is 8.90. The number of halogens is 3. The third-order valence-electron chi connectivity index (χ3n) is 4.58. The molecule has 0 spiro atoms. The molecule has 2 rings (SSSR count). The number of methoxy groups -OCH3 is 1. The average Bonchev–Trinajstić information content (AvgIpc) is 3.48. The molecule has 0 bridgehead atoms. The van der Waals surface area contributed by atoms with Crippen LogP contribution in [-0.4, -0.2) is 56.3 Å². The molecule has 1 saturated carbocycles. The predicted molar refractivity (Wildman–Crippen MR) is 123 cm³/mol. The first kappa shape index (κ1) is 25.7. The van der Waals surface area contributed by atoms with Crippen molar-refractivity contribution in [3.05, 3.63) is 23.8 Å². The van der Waals surface area contributed by atoms with Gasteiger partial charge in [-0.1, -0.05) is 0 Å². The lowest BCUT2D eigenvalue weighted by Gasteiger charge is -2.26. The fourth-order valence-corrected chi connectivity index (χ4v) is 3.10. The van der Waals surface area contributed by atoms with E-state index in [1.54, 1.807) is 12.1 Å². The number of aliphatic imine (C=N–C) groups is 1. The zero-order chi connectivity index (χ0) is 20.5. The van der Waals surface area contributed by atoms with Crippen LogP contribution in [0.25, 0.3) is 0 Å². The Hall–Kier alpha value is -1.36. The van der Waals surface area contributed by atoms with Crippen molar-refractivity contribution in [2.75, 3.05) is 26.7 Å². The number of ether oxygens (including phenoxy) is 2. The summed E-state index contributed by atoms with van der Waals surface area (Å²) in [6, 6.07) is 5.95. The third-order valence-corrected chi connectivity index (χ3v) is 4.58. The topological polar surface area (TPSA) is 58.1 Å². The van der Waals surface area contributed by atoms with Crippen molar-refractivity contribution in [1.29, 1.82) is 0 Å². The van der Waals surface area contributed by atoms with Crippen LogP contribution in [0.4, 0.5) is 8.78 Å². The first-order valence-corrected chi connectivity index (χ1v) is 9.84. The number of hydrogen-bond donors (Lipinski definition) is 2. The minimum Gasteiger partial charge on any atom is -0.497 e. The molecule has 0 aliphatic heterocycles. The van der Waals surface area contributed by atoms with E-state index in [4.69, 9.17) is 4.74 Å². The molecule has 0 amide bonds. The maximum absolute atomic E-state index is 12.7. The van der Waals surface area contributed by atoms with Gasteiger partial charge in [0, 0.05) is 37.3 Å². The number of hydrogen-bond acceptors (Lipinski definition) is 4. The maximum atomic E-state index is 12.7. The van der Waals surface area contributed by atoms with E-state index in [9.17, 15) is 8.78 Å². The van der Waals surface area contributed by atoms with Gasteiger partial charge in [0.15, 0.2) is 5.96 Å². The Morgan fingerprint density at radius 1 is 1.28 bits per heavy atom. The van der Waals surface area contributed by atoms with Gasteiger partial charge in [-0.25, -0.2) is 4.99 Å². The van der Waals surface area contributed by atoms with Gasteiger partial charge in [0.2, 0.25) is 0 Å². The van der Waals surface area contributed by atoms with Gasteiger partial charge in [-0.05, 0) is 51.8 Å². The fraction of sp³-hybridized carbons (Fsp3) is 0.650. The summed E-state index contributed by atoms with van der Waals surface area (Å²) in [5.74, 6) is 1.32. The highest BCUT2D eigenvalue weighted by Crippen LogP contribution is 2.28. The van der Waals surface area contributed by atoms with Crippen molar-refractivity contribution >= 4 is 29.9 Å². The highest BCUT2D eigenvalue weighted by molar-refractivity contribution is 14.0. The molecule has 1 fully saturated rings. The molecule has 2 N–H and O–H groups in total. The molecule has 0 saturated heterocycles. The monoisotopic (exact) mass is 526 g/mol. The van der Waals surface area contributed by atoms with Crippen molar-refractivity contribution in [3.63, 3.8) is 0 Å². The second kappa shape index (κ2) is 13.0. The summed E-state index contributed by atoms with van der Waals surface area (Å²) in [5.41, 5.74) is 0.540. The molecule has 29 heavy (non-hydrogen) atoms. The lowest BCUT2D eigenvalue weighted by molar-refractivity contribution is -0.0504. The summed E-state index contributed by atoms with van der Waals surface area (Å²) in [5, 5.41) is 6.51. The standard InChI is InChI=1S/C20H32F2N4O2.HI/c1-5-23-20(24-10-11-26(14(2)3)16-6-7-16)25-13-15-12-17(27-4)8-9-18(15)28-19(21)22;/h8-9,12,14,16,19H,5-7,10-11,13H2,1-4H3,(H2,23,24,25);1H. The van der Waals surface area contributed by atoms with Gasteiger partial charge in [0.1, 0.15) is 11.5 Å². The van der Waals surface area contributed by atoms with E-state index in [1.807, 2.05) is 6.92 Å². The van der Waals surface area contributed by atoms with Crippen LogP contribution in [0.5, 0.6) is 11.5 Å². The normalized spacial score (nSPS) is 14.2. The Balaban J connectivity index is 0.00000420. The van der Waals surface area contributed by atoms with Gasteiger partial charge < -0.3 is 20.1 Å². The first-order valence-electron chi connectivity index (χ1n) is 9.84. The van der Waals surface area contributed by atoms with Gasteiger partial charge in [-0.2, -0.15) is 8.78 Å². The molecule has 1 aliphatic rings. The van der Waals surface area contributed by atoms with Gasteiger partial charge in [-0.15, -0.1) is 24.0 Å². The minimum atomic E-state index is -2.88. The molecule has 6 nitrogen and oxygen atoms in total. The number of rotatable bonds is 11. The molecule has 0 radical (unpaired) electrons. The molecule has 0 unspecified atom stereocenters. The summed E-state index contributed by atoms with van der Waals surface area (Å²) in [6.45, 7) is 6.14. The fourth-order valence-electron chi connectivity index (χ4n) is 3.10. The molecule has 1 aromatic carbocycles. The number of alkyl halides is 2. The highest BCUT2D eigenvalue weighted by atomic mass is 127. The van der Waals surface area contributed by atoms with E-state index in [-0.39, 0.29) is 36.3 Å². The zero-order valence-corrected chi connectivity index (χ0v) is 19.9. The molecular weight excluding hydrogens is 493 g/mol. The Kier molecular flexibility index (Phi) is 11.6. The lowest BCUT2D eigenvalue weighted by atomic mass is 10.2. The van der Waals surface area contributed by atoms with Gasteiger partial charge in [0.05, 0.1) is 13.7 Å². The van der Waals surface area contributed by atoms with Crippen LogP contribution in [0.3, 0.4) is 0 Å². The molecule has 0 heterocycles. The second-order valence-corrected chi connectivity index (χ2v) is 7.04. The average molecular weight is 526 g/mol. The Labute approximate surface area is 189 Å². The summed E-state index contributed by atoms with van der Waals surface area (Å²) in [4.78, 5) is 7.02. The van der Waals surface area contributed by atoms with Crippen molar-refractivity contribution in [3.8, 4) is 11.5 Å². The van der Waals surface area contributed by atoms with Crippen LogP contribution in [0.1, 0.15) is 39.2 Å². The van der Waals surface area contributed by atoms with E-state index in [2.05, 4.69) is 39.1 Å². The Bertz CT molecular complexity index is 641. The van der Waals surface area contributed by atoms with E-state index in [0.29, 0.717) is 35.9 Å². The smallest absolute Gasteiger partial charge is 0.387 e. The van der Waals surface area contributed by atoms with Crippen molar-refractivity contribution in [2.24, 2.45) is 4.99 Å². The summed E-state index contributed by atoms with van der Waals surface area (Å²) in [7, 11) is 1.53. The van der Waals surface area contributed by atoms with Gasteiger partial charge in [-0.3, -0.25) is 4.90 Å². The zero-order valence-electron chi connectivity index (χ0n) is 17.6. The number of nitrogens with one attached hydrogen (secondary N) is 2. The van der Waals surface area contributed by atoms with Crippen LogP contribution in [0, 0.1) is 0 Å². The lowest BCUT2D eigenvalue weighted by Crippen LogP contribution is -2.43. The van der Waals surface area contributed by atoms with E-state index in [1.165, 1.54) is 26.0 Å². The molecule has 0 aromatic heterocycles. The molecular formula is C20H33F2IN4O2. The maximum Gasteiger partial charge on any atom is 0.387 e. The van der Waals surface area contributed by atoms with Gasteiger partial charge >= 0.3 is 6.61 Å². The van der Waals surface area contributed by atoms with Crippen LogP contribution < -0.4 is 20.1 Å². The SMILES string of the molecule is CCNC(=NCc1cc(OC)ccc1OC(F)F)NCCN(C(C)C)C1CC1.I. The Morgan fingerprint density at radius 3 is 2.55 bits per heavy atom. The molecule has 9 heteroatoms. The number of benzene rings is 1. The van der Waals surface area contributed by atoms with E-state index < -0.39 is 6.61 Å². The summed E-state index contributed by atoms with van der Waals surface area (Å²) < 4.78 is 35.1. The van der Waals surface area contributed by atoms with Crippen LogP contribution in [0.2, 0.25) is 0 Å². The minimum absolute atomic E-state index is 0. The first-order chi connectivity index (χ1) is 13.4. The number of guanidine groups is 1.